The van der Waals surface area contributed by atoms with E-state index in [0.29, 0.717) is 18.5 Å². The van der Waals surface area contributed by atoms with Crippen LogP contribution in [0.2, 0.25) is 0 Å². The maximum Gasteiger partial charge on any atom is 0.325 e. The van der Waals surface area contributed by atoms with Gasteiger partial charge >= 0.3 is 5.97 Å². The van der Waals surface area contributed by atoms with Crippen molar-refractivity contribution in [3.8, 4) is 0 Å². The molecule has 1 fully saturated rings. The topological polar surface area (TPSA) is 66.9 Å². The number of nitrogens with zero attached hydrogens (tertiary/aromatic N) is 2. The van der Waals surface area contributed by atoms with E-state index in [0.717, 1.165) is 18.5 Å². The molecule has 0 bridgehead atoms. The molecule has 2 rings (SSSR count). The molecule has 1 aliphatic heterocycles. The Morgan fingerprint density at radius 1 is 1.25 bits per heavy atom. The summed E-state index contributed by atoms with van der Waals surface area (Å²) in [6, 6.07) is 7.08. The van der Waals surface area contributed by atoms with Crippen molar-refractivity contribution >= 4 is 17.8 Å². The zero-order valence-electron chi connectivity index (χ0n) is 14.4. The summed E-state index contributed by atoms with van der Waals surface area (Å²) in [5.74, 6) is -0.473. The second-order valence-electron chi connectivity index (χ2n) is 6.22. The highest BCUT2D eigenvalue weighted by atomic mass is 16.5. The molecule has 1 aromatic rings. The molecule has 2 amide bonds. The molecule has 1 saturated heterocycles. The first-order valence-corrected chi connectivity index (χ1v) is 8.17. The van der Waals surface area contributed by atoms with Crippen LogP contribution in [0, 0.1) is 0 Å². The molecule has 0 atom stereocenters. The number of benzene rings is 1. The molecular weight excluding hydrogens is 308 g/mol. The first kappa shape index (κ1) is 18.0. The lowest BCUT2D eigenvalue weighted by Crippen LogP contribution is -2.41. The standard InChI is InChI=1S/C18H24N2O4/c1-13(2)20(12-17(22)24-3)18(23)15-8-6-14(7-9-15)11-19-10-4-5-16(19)21/h6-9,13H,4-5,10-12H2,1-3H3. The second-order valence-corrected chi connectivity index (χ2v) is 6.22. The van der Waals surface area contributed by atoms with Crippen molar-refractivity contribution in [1.29, 1.82) is 0 Å². The first-order chi connectivity index (χ1) is 11.4. The van der Waals surface area contributed by atoms with Crippen LogP contribution in [0.1, 0.15) is 42.6 Å². The van der Waals surface area contributed by atoms with Crippen LogP contribution in [0.5, 0.6) is 0 Å². The number of methoxy groups -OCH3 is 1. The lowest BCUT2D eigenvalue weighted by atomic mass is 10.1. The first-order valence-electron chi connectivity index (χ1n) is 8.17. The van der Waals surface area contributed by atoms with Gasteiger partial charge in [0, 0.05) is 31.1 Å². The predicted molar refractivity (Wildman–Crippen MR) is 89.3 cm³/mol. The molecule has 0 aliphatic carbocycles. The summed E-state index contributed by atoms with van der Waals surface area (Å²) in [6.07, 6.45) is 1.53. The molecule has 1 aliphatic rings. The van der Waals surface area contributed by atoms with Gasteiger partial charge in [0.25, 0.3) is 5.91 Å². The smallest absolute Gasteiger partial charge is 0.325 e. The van der Waals surface area contributed by atoms with Crippen LogP contribution in [0.4, 0.5) is 0 Å². The van der Waals surface area contributed by atoms with E-state index < -0.39 is 5.97 Å². The fraction of sp³-hybridized carbons (Fsp3) is 0.500. The molecule has 0 N–H and O–H groups in total. The van der Waals surface area contributed by atoms with Gasteiger partial charge in [-0.2, -0.15) is 0 Å². The summed E-state index contributed by atoms with van der Waals surface area (Å²) in [6.45, 7) is 5.00. The minimum Gasteiger partial charge on any atom is -0.468 e. The van der Waals surface area contributed by atoms with Gasteiger partial charge in [0.2, 0.25) is 5.91 Å². The van der Waals surface area contributed by atoms with E-state index >= 15 is 0 Å². The molecule has 24 heavy (non-hydrogen) atoms. The number of likely N-dealkylation sites (tertiary alicyclic amines) is 1. The zero-order chi connectivity index (χ0) is 17.7. The quantitative estimate of drug-likeness (QED) is 0.746. The van der Waals surface area contributed by atoms with Crippen LogP contribution in [0.3, 0.4) is 0 Å². The van der Waals surface area contributed by atoms with Crippen LogP contribution in [-0.2, 0) is 20.9 Å². The van der Waals surface area contributed by atoms with Gasteiger partial charge in [-0.25, -0.2) is 0 Å². The molecule has 0 saturated carbocycles. The van der Waals surface area contributed by atoms with Crippen molar-refractivity contribution in [2.45, 2.75) is 39.3 Å². The molecule has 0 unspecified atom stereocenters. The van der Waals surface area contributed by atoms with Crippen LogP contribution >= 0.6 is 0 Å². The third kappa shape index (κ3) is 4.34. The molecule has 1 heterocycles. The monoisotopic (exact) mass is 332 g/mol. The lowest BCUT2D eigenvalue weighted by Gasteiger charge is -2.25. The van der Waals surface area contributed by atoms with E-state index in [1.54, 1.807) is 12.1 Å². The van der Waals surface area contributed by atoms with E-state index in [1.165, 1.54) is 12.0 Å². The van der Waals surface area contributed by atoms with Crippen LogP contribution < -0.4 is 0 Å². The van der Waals surface area contributed by atoms with Gasteiger partial charge in [-0.1, -0.05) is 12.1 Å². The third-order valence-corrected chi connectivity index (χ3v) is 4.16. The molecule has 130 valence electrons. The van der Waals surface area contributed by atoms with Crippen molar-refractivity contribution in [2.75, 3.05) is 20.2 Å². The summed E-state index contributed by atoms with van der Waals surface area (Å²) >= 11 is 0. The Morgan fingerprint density at radius 3 is 2.42 bits per heavy atom. The van der Waals surface area contributed by atoms with Crippen molar-refractivity contribution in [3.05, 3.63) is 35.4 Å². The molecule has 6 heteroatoms. The summed E-state index contributed by atoms with van der Waals surface area (Å²) < 4.78 is 4.65. The van der Waals surface area contributed by atoms with E-state index in [2.05, 4.69) is 4.74 Å². The van der Waals surface area contributed by atoms with Gasteiger partial charge in [-0.05, 0) is 38.0 Å². The predicted octanol–water partition coefficient (Wildman–Crippen LogP) is 1.83. The number of hydrogen-bond acceptors (Lipinski definition) is 4. The van der Waals surface area contributed by atoms with Gasteiger partial charge in [0.05, 0.1) is 7.11 Å². The summed E-state index contributed by atoms with van der Waals surface area (Å²) in [5, 5.41) is 0. The molecule has 0 radical (unpaired) electrons. The van der Waals surface area contributed by atoms with Crippen LogP contribution in [0.15, 0.2) is 24.3 Å². The number of amides is 2. The van der Waals surface area contributed by atoms with Crippen LogP contribution in [0.25, 0.3) is 0 Å². The van der Waals surface area contributed by atoms with Crippen molar-refractivity contribution in [1.82, 2.24) is 9.80 Å². The fourth-order valence-corrected chi connectivity index (χ4v) is 2.70. The number of hydrogen-bond donors (Lipinski definition) is 0. The fourth-order valence-electron chi connectivity index (χ4n) is 2.70. The van der Waals surface area contributed by atoms with E-state index in [4.69, 9.17) is 0 Å². The maximum atomic E-state index is 12.6. The minimum absolute atomic E-state index is 0.0724. The number of rotatable bonds is 6. The Balaban J connectivity index is 2.06. The van der Waals surface area contributed by atoms with E-state index in [1.807, 2.05) is 30.9 Å². The van der Waals surface area contributed by atoms with Gasteiger partial charge in [0.15, 0.2) is 0 Å². The third-order valence-electron chi connectivity index (χ3n) is 4.16. The lowest BCUT2D eigenvalue weighted by molar-refractivity contribution is -0.141. The number of ether oxygens (including phenoxy) is 1. The molecule has 0 spiro atoms. The van der Waals surface area contributed by atoms with Crippen molar-refractivity contribution in [3.63, 3.8) is 0 Å². The molecule has 0 aromatic heterocycles. The van der Waals surface area contributed by atoms with Gasteiger partial charge in [-0.3, -0.25) is 14.4 Å². The minimum atomic E-state index is -0.443. The average Bonchev–Trinajstić information content (AvgIpc) is 2.97. The summed E-state index contributed by atoms with van der Waals surface area (Å²) in [7, 11) is 1.31. The maximum absolute atomic E-state index is 12.6. The molecule has 1 aromatic carbocycles. The van der Waals surface area contributed by atoms with E-state index in [9.17, 15) is 14.4 Å². The van der Waals surface area contributed by atoms with E-state index in [-0.39, 0.29) is 24.4 Å². The Kier molecular flexibility index (Phi) is 5.95. The Morgan fingerprint density at radius 2 is 1.92 bits per heavy atom. The molecule has 6 nitrogen and oxygen atoms in total. The Labute approximate surface area is 142 Å². The van der Waals surface area contributed by atoms with Gasteiger partial charge < -0.3 is 14.5 Å². The SMILES string of the molecule is COC(=O)CN(C(=O)c1ccc(CN2CCCC2=O)cc1)C(C)C. The second kappa shape index (κ2) is 7.95. The number of esters is 1. The summed E-state index contributed by atoms with van der Waals surface area (Å²) in [5.41, 5.74) is 1.51. The van der Waals surface area contributed by atoms with Crippen LogP contribution in [-0.4, -0.2) is 53.8 Å². The highest BCUT2D eigenvalue weighted by Crippen LogP contribution is 2.16. The largest absolute Gasteiger partial charge is 0.468 e. The normalized spacial score (nSPS) is 14.2. The highest BCUT2D eigenvalue weighted by Gasteiger charge is 2.23. The average molecular weight is 332 g/mol. The highest BCUT2D eigenvalue weighted by molar-refractivity contribution is 5.96. The Hall–Kier alpha value is -2.37. The zero-order valence-corrected chi connectivity index (χ0v) is 14.4. The van der Waals surface area contributed by atoms with Gasteiger partial charge in [0.1, 0.15) is 6.54 Å². The van der Waals surface area contributed by atoms with Crippen molar-refractivity contribution in [2.24, 2.45) is 0 Å². The number of carbonyl (C=O) groups excluding carboxylic acids is 3. The molecular formula is C18H24N2O4. The summed E-state index contributed by atoms with van der Waals surface area (Å²) in [4.78, 5) is 39.1. The van der Waals surface area contributed by atoms with Gasteiger partial charge in [-0.15, -0.1) is 0 Å². The van der Waals surface area contributed by atoms with Crippen molar-refractivity contribution < 1.29 is 19.1 Å². The Bertz CT molecular complexity index is 610. The number of carbonyl (C=O) groups is 3.